The van der Waals surface area contributed by atoms with Gasteiger partial charge in [0.1, 0.15) is 0 Å². The molecule has 4 rings (SSSR count). The highest BCUT2D eigenvalue weighted by Crippen LogP contribution is 2.32. The fourth-order valence-corrected chi connectivity index (χ4v) is 2.53. The third-order valence-electron chi connectivity index (χ3n) is 3.82. The number of rotatable bonds is 4. The van der Waals surface area contributed by atoms with Crippen molar-refractivity contribution in [2.45, 2.75) is 13.5 Å². The van der Waals surface area contributed by atoms with Gasteiger partial charge in [-0.1, -0.05) is 11.2 Å². The lowest BCUT2D eigenvalue weighted by Crippen LogP contribution is -2.28. The third kappa shape index (κ3) is 3.44. The van der Waals surface area contributed by atoms with E-state index in [4.69, 9.17) is 14.0 Å². The Balaban J connectivity index is 1.33. The first-order chi connectivity index (χ1) is 12.7. The number of nitrogens with zero attached hydrogens (tertiary/aromatic N) is 2. The van der Waals surface area contributed by atoms with Crippen molar-refractivity contribution in [3.63, 3.8) is 0 Å². The van der Waals surface area contributed by atoms with E-state index in [1.165, 1.54) is 0 Å². The van der Waals surface area contributed by atoms with Crippen LogP contribution in [-0.2, 0) is 6.54 Å². The molecule has 0 unspecified atom stereocenters. The van der Waals surface area contributed by atoms with Gasteiger partial charge in [-0.15, -0.1) is 0 Å². The number of urea groups is 1. The lowest BCUT2D eigenvalue weighted by atomic mass is 10.2. The normalized spacial score (nSPS) is 12.0. The van der Waals surface area contributed by atoms with E-state index < -0.39 is 0 Å². The number of amides is 2. The molecule has 132 valence electrons. The van der Waals surface area contributed by atoms with Gasteiger partial charge < -0.3 is 24.6 Å². The number of hydrogen-bond acceptors (Lipinski definition) is 6. The van der Waals surface area contributed by atoms with Crippen LogP contribution in [0.1, 0.15) is 11.5 Å². The van der Waals surface area contributed by atoms with Crippen LogP contribution in [0.3, 0.4) is 0 Å². The van der Waals surface area contributed by atoms with E-state index in [1.54, 1.807) is 19.1 Å². The number of aryl methyl sites for hydroxylation is 1. The number of anilines is 1. The number of fused-ring (bicyclic) bond motifs is 1. The average molecular weight is 352 g/mol. The van der Waals surface area contributed by atoms with Crippen LogP contribution in [0.25, 0.3) is 11.4 Å². The number of carbonyl (C=O) groups excluding carboxylic acids is 1. The van der Waals surface area contributed by atoms with Gasteiger partial charge >= 0.3 is 6.03 Å². The monoisotopic (exact) mass is 352 g/mol. The predicted molar refractivity (Wildman–Crippen MR) is 92.9 cm³/mol. The minimum atomic E-state index is -0.300. The van der Waals surface area contributed by atoms with E-state index in [0.717, 1.165) is 16.9 Å². The zero-order valence-electron chi connectivity index (χ0n) is 14.0. The summed E-state index contributed by atoms with van der Waals surface area (Å²) in [4.78, 5) is 16.2. The highest BCUT2D eigenvalue weighted by atomic mass is 16.7. The number of ether oxygens (including phenoxy) is 2. The van der Waals surface area contributed by atoms with Crippen LogP contribution in [0.2, 0.25) is 0 Å². The van der Waals surface area contributed by atoms with E-state index in [9.17, 15) is 4.79 Å². The lowest BCUT2D eigenvalue weighted by molar-refractivity contribution is 0.174. The van der Waals surface area contributed by atoms with Crippen molar-refractivity contribution in [3.05, 3.63) is 53.9 Å². The molecule has 1 aliphatic rings. The second-order valence-electron chi connectivity index (χ2n) is 5.71. The van der Waals surface area contributed by atoms with Crippen molar-refractivity contribution in [3.8, 4) is 22.9 Å². The summed E-state index contributed by atoms with van der Waals surface area (Å²) in [5.74, 6) is 2.43. The molecule has 0 aliphatic carbocycles. The van der Waals surface area contributed by atoms with E-state index in [0.29, 0.717) is 29.7 Å². The van der Waals surface area contributed by atoms with Crippen molar-refractivity contribution in [1.82, 2.24) is 15.5 Å². The minimum Gasteiger partial charge on any atom is -0.454 e. The van der Waals surface area contributed by atoms with Gasteiger partial charge in [0.05, 0.1) is 0 Å². The topological polar surface area (TPSA) is 98.5 Å². The fraction of sp³-hybridized carbons (Fsp3) is 0.167. The number of carbonyl (C=O) groups is 1. The van der Waals surface area contributed by atoms with E-state index in [-0.39, 0.29) is 12.8 Å². The summed E-state index contributed by atoms with van der Waals surface area (Å²) < 4.78 is 15.5. The van der Waals surface area contributed by atoms with Crippen molar-refractivity contribution in [2.24, 2.45) is 0 Å². The Morgan fingerprint density at radius 3 is 2.69 bits per heavy atom. The lowest BCUT2D eigenvalue weighted by Gasteiger charge is -2.08. The van der Waals surface area contributed by atoms with Crippen LogP contribution in [-0.4, -0.2) is 23.0 Å². The van der Waals surface area contributed by atoms with Gasteiger partial charge in [0.15, 0.2) is 11.5 Å². The van der Waals surface area contributed by atoms with Crippen LogP contribution in [0.15, 0.2) is 47.0 Å². The quantitative estimate of drug-likeness (QED) is 0.749. The molecule has 2 heterocycles. The molecule has 0 atom stereocenters. The van der Waals surface area contributed by atoms with Crippen LogP contribution >= 0.6 is 0 Å². The Bertz CT molecular complexity index is 937. The molecule has 0 radical (unpaired) electrons. The molecule has 0 saturated heterocycles. The molecule has 26 heavy (non-hydrogen) atoms. The van der Waals surface area contributed by atoms with Crippen molar-refractivity contribution >= 4 is 11.7 Å². The molecular weight excluding hydrogens is 336 g/mol. The summed E-state index contributed by atoms with van der Waals surface area (Å²) in [6, 6.07) is 12.5. The summed E-state index contributed by atoms with van der Waals surface area (Å²) >= 11 is 0. The summed E-state index contributed by atoms with van der Waals surface area (Å²) in [5, 5.41) is 9.44. The molecule has 0 bridgehead atoms. The van der Waals surface area contributed by atoms with E-state index in [1.807, 2.05) is 30.3 Å². The van der Waals surface area contributed by atoms with Gasteiger partial charge in [0.25, 0.3) is 0 Å². The van der Waals surface area contributed by atoms with Gasteiger partial charge in [-0.05, 0) is 42.0 Å². The van der Waals surface area contributed by atoms with Crippen LogP contribution in [0, 0.1) is 6.92 Å². The Morgan fingerprint density at radius 2 is 1.92 bits per heavy atom. The third-order valence-corrected chi connectivity index (χ3v) is 3.82. The molecule has 1 aromatic heterocycles. The second-order valence-corrected chi connectivity index (χ2v) is 5.71. The zero-order valence-corrected chi connectivity index (χ0v) is 14.0. The van der Waals surface area contributed by atoms with E-state index >= 15 is 0 Å². The highest BCUT2D eigenvalue weighted by molar-refractivity contribution is 5.89. The number of benzene rings is 2. The fourth-order valence-electron chi connectivity index (χ4n) is 2.53. The highest BCUT2D eigenvalue weighted by Gasteiger charge is 2.13. The van der Waals surface area contributed by atoms with Gasteiger partial charge in [0.2, 0.25) is 18.5 Å². The SMILES string of the molecule is Cc1nc(-c2ccc(NC(=O)NCc3ccc4c(c3)OCO4)cc2)no1. The molecular formula is C18H16N4O4. The second kappa shape index (κ2) is 6.75. The van der Waals surface area contributed by atoms with Gasteiger partial charge in [-0.2, -0.15) is 4.98 Å². The molecule has 3 aromatic rings. The molecule has 0 saturated carbocycles. The molecule has 1 aliphatic heterocycles. The van der Waals surface area contributed by atoms with E-state index in [2.05, 4.69) is 20.8 Å². The Morgan fingerprint density at radius 1 is 1.12 bits per heavy atom. The minimum absolute atomic E-state index is 0.228. The molecule has 8 nitrogen and oxygen atoms in total. The maximum atomic E-state index is 12.1. The zero-order chi connectivity index (χ0) is 17.9. The summed E-state index contributed by atoms with van der Waals surface area (Å²) in [6.45, 7) is 2.34. The standard InChI is InChI=1S/C18H16N4O4/c1-11-20-17(22-26-11)13-3-5-14(6-4-13)21-18(23)19-9-12-2-7-15-16(8-12)25-10-24-15/h2-8H,9-10H2,1H3,(H2,19,21,23). The van der Waals surface area contributed by atoms with Gasteiger partial charge in [-0.3, -0.25) is 0 Å². The van der Waals surface area contributed by atoms with Gasteiger partial charge in [0, 0.05) is 24.7 Å². The van der Waals surface area contributed by atoms with Crippen molar-refractivity contribution in [1.29, 1.82) is 0 Å². The Hall–Kier alpha value is -3.55. The van der Waals surface area contributed by atoms with Gasteiger partial charge in [-0.25, -0.2) is 4.79 Å². The Kier molecular flexibility index (Phi) is 4.14. The van der Waals surface area contributed by atoms with Crippen molar-refractivity contribution in [2.75, 3.05) is 12.1 Å². The maximum absolute atomic E-state index is 12.1. The first kappa shape index (κ1) is 15.9. The molecule has 0 fully saturated rings. The smallest absolute Gasteiger partial charge is 0.319 e. The molecule has 2 amide bonds. The average Bonchev–Trinajstić information content (AvgIpc) is 3.29. The van der Waals surface area contributed by atoms with Crippen LogP contribution in [0.4, 0.5) is 10.5 Å². The van der Waals surface area contributed by atoms with Crippen LogP contribution in [0.5, 0.6) is 11.5 Å². The Labute approximate surface area is 149 Å². The largest absolute Gasteiger partial charge is 0.454 e. The number of hydrogen-bond donors (Lipinski definition) is 2. The number of aromatic nitrogens is 2. The summed E-state index contributed by atoms with van der Waals surface area (Å²) in [5.41, 5.74) is 2.40. The van der Waals surface area contributed by atoms with Crippen LogP contribution < -0.4 is 20.1 Å². The summed E-state index contributed by atoms with van der Waals surface area (Å²) in [6.07, 6.45) is 0. The molecule has 0 spiro atoms. The van der Waals surface area contributed by atoms with Crippen molar-refractivity contribution < 1.29 is 18.8 Å². The molecule has 8 heteroatoms. The first-order valence-electron chi connectivity index (χ1n) is 8.01. The predicted octanol–water partition coefficient (Wildman–Crippen LogP) is 3.10. The number of nitrogens with one attached hydrogen (secondary N) is 2. The maximum Gasteiger partial charge on any atom is 0.319 e. The first-order valence-corrected chi connectivity index (χ1v) is 8.01. The molecule has 2 aromatic carbocycles. The summed E-state index contributed by atoms with van der Waals surface area (Å²) in [7, 11) is 0. The molecule has 2 N–H and O–H groups in total.